The van der Waals surface area contributed by atoms with Crippen molar-refractivity contribution in [2.24, 2.45) is 0 Å². The third-order valence-electron chi connectivity index (χ3n) is 4.18. The van der Waals surface area contributed by atoms with Crippen LogP contribution in [-0.2, 0) is 4.79 Å². The van der Waals surface area contributed by atoms with Crippen LogP contribution in [0.4, 0.5) is 5.69 Å². The van der Waals surface area contributed by atoms with Crippen LogP contribution in [0, 0.1) is 0 Å². The molecule has 1 N–H and O–H groups in total. The van der Waals surface area contributed by atoms with Crippen molar-refractivity contribution in [2.45, 2.75) is 52.1 Å². The normalized spacial score (nSPS) is 11.5. The molecule has 1 atom stereocenters. The number of carbonyl (C=O) groups is 2. The number of benzene rings is 2. The smallest absolute Gasteiger partial charge is 0.343 e. The summed E-state index contributed by atoms with van der Waals surface area (Å²) < 4.78 is 11.3. The summed E-state index contributed by atoms with van der Waals surface area (Å²) in [6.07, 6.45) is 6.69. The zero-order valence-corrected chi connectivity index (χ0v) is 15.9. The largest absolute Gasteiger partial charge is 0.491 e. The molecule has 0 bridgehead atoms. The maximum atomic E-state index is 12.2. The topological polar surface area (TPSA) is 64.6 Å². The first-order valence-electron chi connectivity index (χ1n) is 9.41. The van der Waals surface area contributed by atoms with Crippen LogP contribution >= 0.6 is 0 Å². The van der Waals surface area contributed by atoms with Crippen LogP contribution in [0.1, 0.15) is 56.3 Å². The van der Waals surface area contributed by atoms with Gasteiger partial charge >= 0.3 is 5.97 Å². The van der Waals surface area contributed by atoms with Crippen LogP contribution in [0.25, 0.3) is 0 Å². The van der Waals surface area contributed by atoms with E-state index in [0.29, 0.717) is 23.4 Å². The Hall–Kier alpha value is -2.82. The molecule has 0 radical (unpaired) electrons. The average Bonchev–Trinajstić information content (AvgIpc) is 2.67. The van der Waals surface area contributed by atoms with Gasteiger partial charge in [-0.15, -0.1) is 0 Å². The van der Waals surface area contributed by atoms with E-state index in [9.17, 15) is 9.59 Å². The van der Waals surface area contributed by atoms with Crippen molar-refractivity contribution in [1.29, 1.82) is 0 Å². The molecular weight excluding hydrogens is 342 g/mol. The average molecular weight is 369 g/mol. The highest BCUT2D eigenvalue weighted by atomic mass is 16.5. The van der Waals surface area contributed by atoms with E-state index < -0.39 is 5.97 Å². The second-order valence-corrected chi connectivity index (χ2v) is 6.48. The van der Waals surface area contributed by atoms with Gasteiger partial charge < -0.3 is 14.8 Å². The Balaban J connectivity index is 1.83. The Morgan fingerprint density at radius 3 is 2.30 bits per heavy atom. The van der Waals surface area contributed by atoms with Gasteiger partial charge in [-0.3, -0.25) is 4.79 Å². The van der Waals surface area contributed by atoms with Crippen molar-refractivity contribution in [3.8, 4) is 11.5 Å². The molecule has 27 heavy (non-hydrogen) atoms. The summed E-state index contributed by atoms with van der Waals surface area (Å²) in [7, 11) is 0. The van der Waals surface area contributed by atoms with E-state index in [2.05, 4.69) is 19.2 Å². The molecule has 0 fully saturated rings. The minimum absolute atomic E-state index is 0.161. The van der Waals surface area contributed by atoms with Crippen LogP contribution < -0.4 is 14.8 Å². The van der Waals surface area contributed by atoms with Gasteiger partial charge in [0.2, 0.25) is 6.41 Å². The molecule has 2 aromatic rings. The number of hydrogen-bond acceptors (Lipinski definition) is 4. The van der Waals surface area contributed by atoms with Crippen molar-refractivity contribution >= 4 is 18.1 Å². The quantitative estimate of drug-likeness (QED) is 0.255. The maximum Gasteiger partial charge on any atom is 0.343 e. The summed E-state index contributed by atoms with van der Waals surface area (Å²) in [6.45, 7) is 4.28. The van der Waals surface area contributed by atoms with Gasteiger partial charge in [-0.05, 0) is 68.3 Å². The number of carbonyl (C=O) groups excluding carboxylic acids is 2. The summed E-state index contributed by atoms with van der Waals surface area (Å²) in [5.41, 5.74) is 1.03. The fraction of sp³-hybridized carbons (Fsp3) is 0.364. The molecule has 0 heterocycles. The van der Waals surface area contributed by atoms with Crippen molar-refractivity contribution in [2.75, 3.05) is 5.32 Å². The van der Waals surface area contributed by atoms with Gasteiger partial charge in [-0.1, -0.05) is 26.2 Å². The van der Waals surface area contributed by atoms with Crippen molar-refractivity contribution in [1.82, 2.24) is 0 Å². The Morgan fingerprint density at radius 1 is 1.00 bits per heavy atom. The number of ether oxygens (including phenoxy) is 2. The molecule has 1 amide bonds. The van der Waals surface area contributed by atoms with Gasteiger partial charge in [-0.25, -0.2) is 4.79 Å². The summed E-state index contributed by atoms with van der Waals surface area (Å²) in [5.74, 6) is 0.769. The zero-order valence-electron chi connectivity index (χ0n) is 15.9. The van der Waals surface area contributed by atoms with Crippen molar-refractivity contribution in [3.05, 3.63) is 54.1 Å². The first-order valence-corrected chi connectivity index (χ1v) is 9.41. The fourth-order valence-electron chi connectivity index (χ4n) is 2.67. The number of unbranched alkanes of at least 4 members (excludes halogenated alkanes) is 3. The van der Waals surface area contributed by atoms with Crippen LogP contribution in [0.15, 0.2) is 48.5 Å². The second kappa shape index (κ2) is 11.0. The van der Waals surface area contributed by atoms with Gasteiger partial charge in [0.05, 0.1) is 11.7 Å². The number of nitrogens with one attached hydrogen (secondary N) is 1. The molecule has 1 unspecified atom stereocenters. The first-order chi connectivity index (χ1) is 13.1. The van der Waals surface area contributed by atoms with E-state index >= 15 is 0 Å². The van der Waals surface area contributed by atoms with Crippen molar-refractivity contribution in [3.63, 3.8) is 0 Å². The van der Waals surface area contributed by atoms with E-state index in [0.717, 1.165) is 12.2 Å². The van der Waals surface area contributed by atoms with Gasteiger partial charge in [0.1, 0.15) is 11.5 Å². The number of amides is 1. The fourth-order valence-corrected chi connectivity index (χ4v) is 2.67. The lowest BCUT2D eigenvalue weighted by Gasteiger charge is -2.15. The van der Waals surface area contributed by atoms with Crippen LogP contribution in [0.2, 0.25) is 0 Å². The van der Waals surface area contributed by atoms with E-state index in [4.69, 9.17) is 9.47 Å². The molecule has 5 nitrogen and oxygen atoms in total. The molecule has 0 spiro atoms. The Bertz CT molecular complexity index is 710. The van der Waals surface area contributed by atoms with Crippen LogP contribution in [-0.4, -0.2) is 18.5 Å². The Labute approximate surface area is 160 Å². The third kappa shape index (κ3) is 7.13. The highest BCUT2D eigenvalue weighted by Crippen LogP contribution is 2.21. The monoisotopic (exact) mass is 369 g/mol. The molecule has 2 aromatic carbocycles. The molecular formula is C22H27NO4. The molecule has 2 rings (SSSR count). The molecule has 0 saturated carbocycles. The highest BCUT2D eigenvalue weighted by molar-refractivity contribution is 5.91. The zero-order chi connectivity index (χ0) is 19.5. The predicted molar refractivity (Wildman–Crippen MR) is 106 cm³/mol. The summed E-state index contributed by atoms with van der Waals surface area (Å²) >= 11 is 0. The minimum Gasteiger partial charge on any atom is -0.491 e. The van der Waals surface area contributed by atoms with E-state index in [1.54, 1.807) is 36.4 Å². The third-order valence-corrected chi connectivity index (χ3v) is 4.18. The molecule has 0 aliphatic heterocycles. The lowest BCUT2D eigenvalue weighted by Crippen LogP contribution is -2.11. The Kier molecular flexibility index (Phi) is 8.36. The number of rotatable bonds is 11. The van der Waals surface area contributed by atoms with Gasteiger partial charge in [0.15, 0.2) is 0 Å². The van der Waals surface area contributed by atoms with Gasteiger partial charge in [0, 0.05) is 5.69 Å². The SMILES string of the molecule is CCCCCCC(C)Oc1ccc(OC(=O)c2ccc(NC=O)cc2)cc1. The lowest BCUT2D eigenvalue weighted by atomic mass is 10.1. The molecule has 144 valence electrons. The summed E-state index contributed by atoms with van der Waals surface area (Å²) in [6, 6.07) is 13.6. The minimum atomic E-state index is -0.453. The standard InChI is InChI=1S/C22H27NO4/c1-3-4-5-6-7-17(2)26-20-12-14-21(15-13-20)27-22(25)18-8-10-19(11-9-18)23-16-24/h8-17H,3-7H2,1-2H3,(H,23,24). The van der Waals surface area contributed by atoms with E-state index in [1.165, 1.54) is 25.7 Å². The lowest BCUT2D eigenvalue weighted by molar-refractivity contribution is -0.105. The van der Waals surface area contributed by atoms with Crippen LogP contribution in [0.3, 0.4) is 0 Å². The number of hydrogen-bond donors (Lipinski definition) is 1. The molecule has 0 saturated heterocycles. The molecule has 0 aromatic heterocycles. The summed E-state index contributed by atoms with van der Waals surface area (Å²) in [5, 5.41) is 2.52. The second-order valence-electron chi connectivity index (χ2n) is 6.48. The Morgan fingerprint density at radius 2 is 1.67 bits per heavy atom. The molecule has 0 aliphatic carbocycles. The number of anilines is 1. The molecule has 5 heteroatoms. The van der Waals surface area contributed by atoms with E-state index in [1.807, 2.05) is 12.1 Å². The van der Waals surface area contributed by atoms with E-state index in [-0.39, 0.29) is 6.10 Å². The maximum absolute atomic E-state index is 12.2. The number of esters is 1. The predicted octanol–water partition coefficient (Wildman–Crippen LogP) is 5.21. The van der Waals surface area contributed by atoms with Gasteiger partial charge in [-0.2, -0.15) is 0 Å². The first kappa shape index (κ1) is 20.5. The molecule has 0 aliphatic rings. The van der Waals surface area contributed by atoms with Crippen molar-refractivity contribution < 1.29 is 19.1 Å². The highest BCUT2D eigenvalue weighted by Gasteiger charge is 2.09. The van der Waals surface area contributed by atoms with Crippen LogP contribution in [0.5, 0.6) is 11.5 Å². The van der Waals surface area contributed by atoms with Gasteiger partial charge in [0.25, 0.3) is 0 Å². The summed E-state index contributed by atoms with van der Waals surface area (Å²) in [4.78, 5) is 22.6.